The highest BCUT2D eigenvalue weighted by Crippen LogP contribution is 2.33. The molecule has 0 saturated carbocycles. The molecule has 7 heteroatoms. The lowest BCUT2D eigenvalue weighted by atomic mass is 10.0. The summed E-state index contributed by atoms with van der Waals surface area (Å²) in [5.41, 5.74) is 3.52. The van der Waals surface area contributed by atoms with Crippen molar-refractivity contribution in [2.24, 2.45) is 0 Å². The molecule has 0 spiro atoms. The molecule has 6 nitrogen and oxygen atoms in total. The molecule has 1 amide bonds. The molecule has 1 atom stereocenters. The normalized spacial score (nSPS) is 16.3. The van der Waals surface area contributed by atoms with E-state index in [1.54, 1.807) is 19.1 Å². The molecule has 0 aromatic heterocycles. The van der Waals surface area contributed by atoms with Gasteiger partial charge < -0.3 is 10.1 Å². The number of anilines is 1. The van der Waals surface area contributed by atoms with Gasteiger partial charge in [0, 0.05) is 12.2 Å². The Morgan fingerprint density at radius 1 is 1.15 bits per heavy atom. The van der Waals surface area contributed by atoms with Gasteiger partial charge in [-0.3, -0.25) is 4.79 Å². The summed E-state index contributed by atoms with van der Waals surface area (Å²) in [5.74, 6) is 0.267. The van der Waals surface area contributed by atoms with Crippen LogP contribution in [0.3, 0.4) is 0 Å². The zero-order chi connectivity index (χ0) is 18.9. The summed E-state index contributed by atoms with van der Waals surface area (Å²) < 4.78 is 33.1. The third-order valence-electron chi connectivity index (χ3n) is 4.43. The topological polar surface area (TPSA) is 84.5 Å². The number of aryl methyl sites for hydroxylation is 2. The smallest absolute Gasteiger partial charge is 0.240 e. The number of benzene rings is 2. The fourth-order valence-electron chi connectivity index (χ4n) is 2.94. The molecule has 138 valence electrons. The number of hydrogen-bond donors (Lipinski definition) is 2. The lowest BCUT2D eigenvalue weighted by molar-refractivity contribution is -0.116. The first-order valence-corrected chi connectivity index (χ1v) is 9.91. The van der Waals surface area contributed by atoms with Gasteiger partial charge in [-0.25, -0.2) is 13.1 Å². The van der Waals surface area contributed by atoms with Gasteiger partial charge in [-0.1, -0.05) is 17.7 Å². The Labute approximate surface area is 153 Å². The number of amides is 1. The standard InChI is InChI=1S/C19H22N2O4S/c1-12-4-7-18(13(2)10-12)25-9-8-20-26(23,24)15-5-6-17-16(11-15)14(3)19(22)21-17/h4-7,10-11,14,20H,8-9H2,1-3H3,(H,21,22)/t14-/m1/s1. The van der Waals surface area contributed by atoms with Crippen molar-refractivity contribution >= 4 is 21.6 Å². The summed E-state index contributed by atoms with van der Waals surface area (Å²) in [5, 5.41) is 2.73. The monoisotopic (exact) mass is 374 g/mol. The lowest BCUT2D eigenvalue weighted by Gasteiger charge is -2.11. The number of carbonyl (C=O) groups is 1. The van der Waals surface area contributed by atoms with E-state index in [2.05, 4.69) is 10.0 Å². The Kier molecular flexibility index (Phi) is 5.02. The second kappa shape index (κ2) is 7.09. The van der Waals surface area contributed by atoms with Crippen LogP contribution in [-0.4, -0.2) is 27.5 Å². The molecule has 2 aromatic rings. The van der Waals surface area contributed by atoms with Crippen LogP contribution in [0.4, 0.5) is 5.69 Å². The molecule has 0 bridgehead atoms. The number of hydrogen-bond acceptors (Lipinski definition) is 4. The summed E-state index contributed by atoms with van der Waals surface area (Å²) in [6, 6.07) is 10.5. The molecule has 0 saturated heterocycles. The molecule has 0 aliphatic carbocycles. The fraction of sp³-hybridized carbons (Fsp3) is 0.316. The number of ether oxygens (including phenoxy) is 1. The molecule has 2 N–H and O–H groups in total. The van der Waals surface area contributed by atoms with Crippen LogP contribution in [0.1, 0.15) is 29.5 Å². The minimum absolute atomic E-state index is 0.121. The molecule has 26 heavy (non-hydrogen) atoms. The lowest BCUT2D eigenvalue weighted by Crippen LogP contribution is -2.28. The highest BCUT2D eigenvalue weighted by atomic mass is 32.2. The summed E-state index contributed by atoms with van der Waals surface area (Å²) in [7, 11) is -3.66. The van der Waals surface area contributed by atoms with Crippen LogP contribution in [0.2, 0.25) is 0 Å². The van der Waals surface area contributed by atoms with E-state index in [0.717, 1.165) is 16.9 Å². The van der Waals surface area contributed by atoms with Crippen molar-refractivity contribution in [1.82, 2.24) is 4.72 Å². The molecule has 3 rings (SSSR count). The van der Waals surface area contributed by atoms with Gasteiger partial charge in [0.1, 0.15) is 12.4 Å². The van der Waals surface area contributed by atoms with E-state index in [1.165, 1.54) is 6.07 Å². The highest BCUT2D eigenvalue weighted by Gasteiger charge is 2.28. The molecular weight excluding hydrogens is 352 g/mol. The molecule has 1 heterocycles. The van der Waals surface area contributed by atoms with Crippen LogP contribution in [0.5, 0.6) is 5.75 Å². The summed E-state index contributed by atoms with van der Waals surface area (Å²) in [6.45, 7) is 6.09. The average Bonchev–Trinajstić information content (AvgIpc) is 2.87. The minimum Gasteiger partial charge on any atom is -0.492 e. The summed E-state index contributed by atoms with van der Waals surface area (Å²) >= 11 is 0. The Morgan fingerprint density at radius 3 is 2.65 bits per heavy atom. The van der Waals surface area contributed by atoms with E-state index >= 15 is 0 Å². The highest BCUT2D eigenvalue weighted by molar-refractivity contribution is 7.89. The van der Waals surface area contributed by atoms with Crippen molar-refractivity contribution < 1.29 is 17.9 Å². The van der Waals surface area contributed by atoms with Gasteiger partial charge in [0.2, 0.25) is 15.9 Å². The number of rotatable bonds is 6. The molecule has 1 aliphatic rings. The maximum absolute atomic E-state index is 12.5. The van der Waals surface area contributed by atoms with Gasteiger partial charge in [-0.15, -0.1) is 0 Å². The van der Waals surface area contributed by atoms with Gasteiger partial charge in [0.05, 0.1) is 10.8 Å². The predicted molar refractivity (Wildman–Crippen MR) is 100 cm³/mol. The zero-order valence-electron chi connectivity index (χ0n) is 15.0. The van der Waals surface area contributed by atoms with Gasteiger partial charge in [-0.2, -0.15) is 0 Å². The van der Waals surface area contributed by atoms with Gasteiger partial charge in [0.15, 0.2) is 0 Å². The average molecular weight is 374 g/mol. The van der Waals surface area contributed by atoms with Crippen LogP contribution < -0.4 is 14.8 Å². The van der Waals surface area contributed by atoms with E-state index in [9.17, 15) is 13.2 Å². The number of fused-ring (bicyclic) bond motifs is 1. The number of nitrogens with one attached hydrogen (secondary N) is 2. The van der Waals surface area contributed by atoms with Crippen LogP contribution in [0.25, 0.3) is 0 Å². The van der Waals surface area contributed by atoms with E-state index in [1.807, 2.05) is 32.0 Å². The first kappa shape index (κ1) is 18.4. The van der Waals surface area contributed by atoms with Crippen LogP contribution in [0.15, 0.2) is 41.3 Å². The van der Waals surface area contributed by atoms with Crippen LogP contribution in [-0.2, 0) is 14.8 Å². The second-order valence-corrected chi connectivity index (χ2v) is 8.24. The quantitative estimate of drug-likeness (QED) is 0.762. The van der Waals surface area contributed by atoms with Crippen LogP contribution >= 0.6 is 0 Å². The molecule has 1 aliphatic heterocycles. The maximum atomic E-state index is 12.5. The van der Waals surface area contributed by atoms with Crippen LogP contribution in [0, 0.1) is 13.8 Å². The molecule has 0 radical (unpaired) electrons. The Balaban J connectivity index is 1.62. The van der Waals surface area contributed by atoms with Gasteiger partial charge >= 0.3 is 0 Å². The van der Waals surface area contributed by atoms with Crippen molar-refractivity contribution in [3.8, 4) is 5.75 Å². The van der Waals surface area contributed by atoms with E-state index < -0.39 is 10.0 Å². The fourth-order valence-corrected chi connectivity index (χ4v) is 3.99. The van der Waals surface area contributed by atoms with Gasteiger partial charge in [0.25, 0.3) is 0 Å². The maximum Gasteiger partial charge on any atom is 0.240 e. The predicted octanol–water partition coefficient (Wildman–Crippen LogP) is 2.72. The third-order valence-corrected chi connectivity index (χ3v) is 5.89. The van der Waals surface area contributed by atoms with Gasteiger partial charge in [-0.05, 0) is 56.2 Å². The number of carbonyl (C=O) groups excluding carboxylic acids is 1. The first-order valence-electron chi connectivity index (χ1n) is 8.42. The SMILES string of the molecule is Cc1ccc(OCCNS(=O)(=O)c2ccc3c(c2)[C@@H](C)C(=O)N3)c(C)c1. The van der Waals surface area contributed by atoms with Crippen molar-refractivity contribution in [3.63, 3.8) is 0 Å². The van der Waals surface area contributed by atoms with Crippen molar-refractivity contribution in [3.05, 3.63) is 53.1 Å². The molecule has 0 fully saturated rings. The zero-order valence-corrected chi connectivity index (χ0v) is 15.8. The second-order valence-electron chi connectivity index (χ2n) is 6.48. The Morgan fingerprint density at radius 2 is 1.92 bits per heavy atom. The van der Waals surface area contributed by atoms with Crippen molar-refractivity contribution in [2.45, 2.75) is 31.6 Å². The molecule has 2 aromatic carbocycles. The van der Waals surface area contributed by atoms with Crippen molar-refractivity contribution in [1.29, 1.82) is 0 Å². The minimum atomic E-state index is -3.66. The Hall–Kier alpha value is -2.38. The number of sulfonamides is 1. The summed E-state index contributed by atoms with van der Waals surface area (Å²) in [6.07, 6.45) is 0. The van der Waals surface area contributed by atoms with E-state index in [-0.39, 0.29) is 29.9 Å². The first-order chi connectivity index (χ1) is 12.3. The third kappa shape index (κ3) is 3.73. The van der Waals surface area contributed by atoms with E-state index in [0.29, 0.717) is 11.3 Å². The Bertz CT molecular complexity index is 954. The summed E-state index contributed by atoms with van der Waals surface area (Å²) in [4.78, 5) is 11.8. The largest absolute Gasteiger partial charge is 0.492 e. The van der Waals surface area contributed by atoms with E-state index in [4.69, 9.17) is 4.74 Å². The van der Waals surface area contributed by atoms with Crippen molar-refractivity contribution in [2.75, 3.05) is 18.5 Å². The molecular formula is C19H22N2O4S. The molecule has 0 unspecified atom stereocenters.